The molecular weight excluding hydrogens is 380 g/mol. The first kappa shape index (κ1) is 17.9. The van der Waals surface area contributed by atoms with Crippen molar-refractivity contribution in [3.63, 3.8) is 0 Å². The van der Waals surface area contributed by atoms with E-state index < -0.39 is 4.92 Å². The van der Waals surface area contributed by atoms with Gasteiger partial charge in [-0.1, -0.05) is 29.1 Å². The summed E-state index contributed by atoms with van der Waals surface area (Å²) in [6.45, 7) is 1.81. The van der Waals surface area contributed by atoms with Crippen LogP contribution in [0.3, 0.4) is 0 Å². The van der Waals surface area contributed by atoms with E-state index in [1.165, 1.54) is 28.5 Å². The van der Waals surface area contributed by atoms with Gasteiger partial charge in [0, 0.05) is 24.0 Å². The molecule has 2 aromatic heterocycles. The average Bonchev–Trinajstić information content (AvgIpc) is 3.12. The zero-order valence-corrected chi connectivity index (χ0v) is 15.5. The summed E-state index contributed by atoms with van der Waals surface area (Å²) in [5.74, 6) is 1.17. The Kier molecular flexibility index (Phi) is 4.66. The Morgan fingerprint density at radius 3 is 2.61 bits per heavy atom. The topological polar surface area (TPSA) is 104 Å². The van der Waals surface area contributed by atoms with Gasteiger partial charge in [-0.3, -0.25) is 19.5 Å². The fourth-order valence-electron chi connectivity index (χ4n) is 2.78. The van der Waals surface area contributed by atoms with Gasteiger partial charge in [-0.25, -0.2) is 4.98 Å². The van der Waals surface area contributed by atoms with E-state index in [1.54, 1.807) is 30.3 Å². The molecular formula is C19H14N4O4S. The molecule has 4 rings (SSSR count). The lowest BCUT2D eigenvalue weighted by atomic mass is 10.2. The lowest BCUT2D eigenvalue weighted by molar-refractivity contribution is -0.384. The molecule has 2 heterocycles. The summed E-state index contributed by atoms with van der Waals surface area (Å²) < 4.78 is 6.54. The van der Waals surface area contributed by atoms with Crippen molar-refractivity contribution in [3.05, 3.63) is 86.5 Å². The third kappa shape index (κ3) is 3.39. The third-order valence-electron chi connectivity index (χ3n) is 4.09. The fourth-order valence-corrected chi connectivity index (χ4v) is 3.68. The first-order valence-corrected chi connectivity index (χ1v) is 9.33. The molecule has 0 amide bonds. The van der Waals surface area contributed by atoms with Crippen LogP contribution in [0.15, 0.2) is 69.1 Å². The number of thioether (sulfide) groups is 1. The number of hydrogen-bond acceptors (Lipinski definition) is 7. The quantitative estimate of drug-likeness (QED) is 0.219. The highest BCUT2D eigenvalue weighted by molar-refractivity contribution is 7.98. The predicted octanol–water partition coefficient (Wildman–Crippen LogP) is 3.88. The Morgan fingerprint density at radius 2 is 1.93 bits per heavy atom. The number of rotatable bonds is 5. The van der Waals surface area contributed by atoms with E-state index >= 15 is 0 Å². The van der Waals surface area contributed by atoms with Crippen molar-refractivity contribution < 1.29 is 9.45 Å². The molecule has 4 aromatic rings. The number of non-ortho nitro benzene ring substituents is 1. The Labute approximate surface area is 163 Å². The summed E-state index contributed by atoms with van der Waals surface area (Å²) in [7, 11) is 0. The zero-order valence-electron chi connectivity index (χ0n) is 14.7. The number of nitro benzene ring substituents is 1. The van der Waals surface area contributed by atoms with Crippen molar-refractivity contribution in [2.45, 2.75) is 17.8 Å². The van der Waals surface area contributed by atoms with E-state index in [1.807, 2.05) is 19.1 Å². The van der Waals surface area contributed by atoms with Crippen molar-refractivity contribution in [1.29, 1.82) is 0 Å². The van der Waals surface area contributed by atoms with Crippen LogP contribution in [0.25, 0.3) is 16.6 Å². The van der Waals surface area contributed by atoms with Crippen LogP contribution in [0.1, 0.15) is 11.5 Å². The predicted molar refractivity (Wildman–Crippen MR) is 105 cm³/mol. The van der Waals surface area contributed by atoms with Crippen molar-refractivity contribution in [2.75, 3.05) is 0 Å². The van der Waals surface area contributed by atoms with Crippen LogP contribution in [-0.2, 0) is 5.75 Å². The number of para-hydroxylation sites is 1. The molecule has 0 unspecified atom stereocenters. The van der Waals surface area contributed by atoms with Gasteiger partial charge in [-0.05, 0) is 31.2 Å². The minimum Gasteiger partial charge on any atom is -0.361 e. The average molecular weight is 394 g/mol. The van der Waals surface area contributed by atoms with Gasteiger partial charge in [0.05, 0.1) is 27.2 Å². The minimum absolute atomic E-state index is 0.0437. The van der Waals surface area contributed by atoms with Crippen LogP contribution < -0.4 is 5.56 Å². The van der Waals surface area contributed by atoms with Gasteiger partial charge in [-0.2, -0.15) is 0 Å². The summed E-state index contributed by atoms with van der Waals surface area (Å²) in [5, 5.41) is 15.8. The van der Waals surface area contributed by atoms with Crippen LogP contribution >= 0.6 is 11.8 Å². The molecule has 0 aliphatic heterocycles. The van der Waals surface area contributed by atoms with Gasteiger partial charge < -0.3 is 4.52 Å². The maximum atomic E-state index is 13.1. The van der Waals surface area contributed by atoms with Crippen molar-refractivity contribution >= 4 is 28.4 Å². The number of aromatic nitrogens is 3. The Bertz CT molecular complexity index is 1230. The molecule has 0 saturated carbocycles. The van der Waals surface area contributed by atoms with Crippen LogP contribution in [0.4, 0.5) is 5.69 Å². The summed E-state index contributed by atoms with van der Waals surface area (Å²) in [6, 6.07) is 14.7. The molecule has 140 valence electrons. The number of benzene rings is 2. The SMILES string of the molecule is Cc1cc(CSc2nc3ccccc3c(=O)n2-c2ccc([N+](=O)[O-])cc2)no1. The maximum Gasteiger partial charge on any atom is 0.269 e. The van der Waals surface area contributed by atoms with Crippen molar-refractivity contribution in [2.24, 2.45) is 0 Å². The normalized spacial score (nSPS) is 11.0. The highest BCUT2D eigenvalue weighted by Crippen LogP contribution is 2.25. The van der Waals surface area contributed by atoms with Crippen molar-refractivity contribution in [3.8, 4) is 5.69 Å². The van der Waals surface area contributed by atoms with Gasteiger partial charge in [0.25, 0.3) is 11.2 Å². The molecule has 0 radical (unpaired) electrons. The van der Waals surface area contributed by atoms with E-state index in [2.05, 4.69) is 10.1 Å². The van der Waals surface area contributed by atoms with E-state index in [9.17, 15) is 14.9 Å². The molecule has 9 heteroatoms. The molecule has 0 aliphatic carbocycles. The number of fused-ring (bicyclic) bond motifs is 1. The molecule has 0 atom stereocenters. The van der Waals surface area contributed by atoms with Crippen molar-refractivity contribution in [1.82, 2.24) is 14.7 Å². The Hall–Kier alpha value is -3.46. The van der Waals surface area contributed by atoms with Gasteiger partial charge in [0.1, 0.15) is 5.76 Å². The molecule has 28 heavy (non-hydrogen) atoms. The highest BCUT2D eigenvalue weighted by atomic mass is 32.2. The van der Waals surface area contributed by atoms with Crippen LogP contribution in [0.5, 0.6) is 0 Å². The van der Waals surface area contributed by atoms with Gasteiger partial charge in [0.15, 0.2) is 5.16 Å². The minimum atomic E-state index is -0.478. The lowest BCUT2D eigenvalue weighted by Gasteiger charge is -2.12. The molecule has 8 nitrogen and oxygen atoms in total. The van der Waals surface area contributed by atoms with E-state index in [0.29, 0.717) is 33.3 Å². The second-order valence-corrected chi connectivity index (χ2v) is 6.99. The number of aryl methyl sites for hydroxylation is 1. The second kappa shape index (κ2) is 7.28. The Balaban J connectivity index is 1.83. The third-order valence-corrected chi connectivity index (χ3v) is 5.06. The van der Waals surface area contributed by atoms with E-state index in [0.717, 1.165) is 5.69 Å². The summed E-state index contributed by atoms with van der Waals surface area (Å²) in [4.78, 5) is 28.2. The smallest absolute Gasteiger partial charge is 0.269 e. The molecule has 0 N–H and O–H groups in total. The number of nitro groups is 1. The highest BCUT2D eigenvalue weighted by Gasteiger charge is 2.15. The van der Waals surface area contributed by atoms with Gasteiger partial charge in [0.2, 0.25) is 0 Å². The summed E-state index contributed by atoms with van der Waals surface area (Å²) >= 11 is 1.34. The molecule has 0 fully saturated rings. The van der Waals surface area contributed by atoms with Crippen LogP contribution in [0, 0.1) is 17.0 Å². The number of nitrogens with zero attached hydrogens (tertiary/aromatic N) is 4. The Morgan fingerprint density at radius 1 is 1.18 bits per heavy atom. The first-order chi connectivity index (χ1) is 13.5. The zero-order chi connectivity index (χ0) is 19.7. The van der Waals surface area contributed by atoms with Gasteiger partial charge in [-0.15, -0.1) is 0 Å². The molecule has 0 spiro atoms. The summed E-state index contributed by atoms with van der Waals surface area (Å²) in [5.41, 5.74) is 1.55. The first-order valence-electron chi connectivity index (χ1n) is 8.34. The van der Waals surface area contributed by atoms with E-state index in [4.69, 9.17) is 4.52 Å². The van der Waals surface area contributed by atoms with E-state index in [-0.39, 0.29) is 11.2 Å². The maximum absolute atomic E-state index is 13.1. The molecule has 0 saturated heterocycles. The molecule has 2 aromatic carbocycles. The monoisotopic (exact) mass is 394 g/mol. The number of hydrogen-bond donors (Lipinski definition) is 0. The largest absolute Gasteiger partial charge is 0.361 e. The standard InChI is InChI=1S/C19H14N4O4S/c1-12-10-13(21-27-12)11-28-19-20-17-5-3-2-4-16(17)18(24)22(19)14-6-8-15(9-7-14)23(25)26/h2-10H,11H2,1H3. The fraction of sp³-hybridized carbons (Fsp3) is 0.105. The lowest BCUT2D eigenvalue weighted by Crippen LogP contribution is -2.21. The summed E-state index contributed by atoms with van der Waals surface area (Å²) in [6.07, 6.45) is 0. The molecule has 0 aliphatic rings. The van der Waals surface area contributed by atoms with Gasteiger partial charge >= 0.3 is 0 Å². The second-order valence-electron chi connectivity index (χ2n) is 6.04. The molecule has 0 bridgehead atoms. The van der Waals surface area contributed by atoms with Crippen LogP contribution in [-0.4, -0.2) is 19.6 Å². The van der Waals surface area contributed by atoms with Crippen LogP contribution in [0.2, 0.25) is 0 Å².